The Labute approximate surface area is 182 Å². The summed E-state index contributed by atoms with van der Waals surface area (Å²) in [4.78, 5) is 31.8. The SMILES string of the molecule is O=C(NCc1cccc(-c2nc(C(=O)O)co2)c1)c1ccc2c(c1)OCc1cnccc1-2. The van der Waals surface area contributed by atoms with Crippen molar-refractivity contribution < 1.29 is 23.8 Å². The molecule has 2 aromatic carbocycles. The number of carboxylic acids is 1. The summed E-state index contributed by atoms with van der Waals surface area (Å²) < 4.78 is 11.1. The first-order valence-electron chi connectivity index (χ1n) is 9.85. The quantitative estimate of drug-likeness (QED) is 0.496. The highest BCUT2D eigenvalue weighted by Crippen LogP contribution is 2.37. The molecule has 32 heavy (non-hydrogen) atoms. The zero-order chi connectivity index (χ0) is 22.1. The van der Waals surface area contributed by atoms with Crippen molar-refractivity contribution in [1.82, 2.24) is 15.3 Å². The summed E-state index contributed by atoms with van der Waals surface area (Å²) in [5.74, 6) is -0.515. The maximum Gasteiger partial charge on any atom is 0.357 e. The van der Waals surface area contributed by atoms with Crippen LogP contribution in [0.5, 0.6) is 5.75 Å². The summed E-state index contributed by atoms with van der Waals surface area (Å²) in [5.41, 5.74) is 4.79. The Hall–Kier alpha value is -4.46. The van der Waals surface area contributed by atoms with Gasteiger partial charge in [0, 0.05) is 41.2 Å². The summed E-state index contributed by atoms with van der Waals surface area (Å²) in [7, 11) is 0. The second-order valence-corrected chi connectivity index (χ2v) is 7.26. The smallest absolute Gasteiger partial charge is 0.357 e. The number of nitrogens with zero attached hydrogens (tertiary/aromatic N) is 2. The van der Waals surface area contributed by atoms with Crippen LogP contribution < -0.4 is 10.1 Å². The van der Waals surface area contributed by atoms with Gasteiger partial charge in [0.15, 0.2) is 5.69 Å². The molecule has 0 atom stereocenters. The van der Waals surface area contributed by atoms with Crippen LogP contribution in [0.15, 0.2) is 71.6 Å². The van der Waals surface area contributed by atoms with Crippen LogP contribution in [-0.2, 0) is 13.2 Å². The Morgan fingerprint density at radius 3 is 2.84 bits per heavy atom. The molecule has 1 amide bonds. The minimum Gasteiger partial charge on any atom is -0.488 e. The van der Waals surface area contributed by atoms with Gasteiger partial charge in [-0.05, 0) is 47.5 Å². The molecule has 1 aliphatic heterocycles. The van der Waals surface area contributed by atoms with Gasteiger partial charge >= 0.3 is 5.97 Å². The predicted octanol–water partition coefficient (Wildman–Crippen LogP) is 3.92. The van der Waals surface area contributed by atoms with Gasteiger partial charge in [-0.25, -0.2) is 9.78 Å². The van der Waals surface area contributed by atoms with E-state index in [9.17, 15) is 9.59 Å². The average molecular weight is 427 g/mol. The number of carbonyl (C=O) groups excluding carboxylic acids is 1. The Balaban J connectivity index is 1.30. The van der Waals surface area contributed by atoms with Gasteiger partial charge in [0.05, 0.1) is 0 Å². The van der Waals surface area contributed by atoms with Gasteiger partial charge < -0.3 is 19.6 Å². The lowest BCUT2D eigenvalue weighted by Gasteiger charge is -2.20. The lowest BCUT2D eigenvalue weighted by Crippen LogP contribution is -2.23. The number of ether oxygens (including phenoxy) is 1. The molecule has 0 saturated heterocycles. The molecule has 8 nitrogen and oxygen atoms in total. The first kappa shape index (κ1) is 19.5. The number of hydrogen-bond acceptors (Lipinski definition) is 6. The van der Waals surface area contributed by atoms with Gasteiger partial charge in [-0.3, -0.25) is 9.78 Å². The number of fused-ring (bicyclic) bond motifs is 3. The Kier molecular flexibility index (Phi) is 4.87. The normalized spacial score (nSPS) is 11.8. The van der Waals surface area contributed by atoms with Crippen LogP contribution in [0, 0.1) is 0 Å². The van der Waals surface area contributed by atoms with Crippen LogP contribution in [0.3, 0.4) is 0 Å². The van der Waals surface area contributed by atoms with Crippen molar-refractivity contribution in [3.05, 3.63) is 89.6 Å². The van der Waals surface area contributed by atoms with Crippen LogP contribution in [0.1, 0.15) is 32.0 Å². The molecule has 0 spiro atoms. The third-order valence-corrected chi connectivity index (χ3v) is 5.17. The first-order chi connectivity index (χ1) is 15.6. The maximum atomic E-state index is 12.7. The van der Waals surface area contributed by atoms with Crippen molar-refractivity contribution in [2.75, 3.05) is 0 Å². The molecule has 5 rings (SSSR count). The van der Waals surface area contributed by atoms with E-state index >= 15 is 0 Å². The van der Waals surface area contributed by atoms with Crippen molar-refractivity contribution in [2.45, 2.75) is 13.2 Å². The highest BCUT2D eigenvalue weighted by Gasteiger charge is 2.19. The summed E-state index contributed by atoms with van der Waals surface area (Å²) in [6.45, 7) is 0.698. The lowest BCUT2D eigenvalue weighted by atomic mass is 9.97. The molecule has 2 N–H and O–H groups in total. The molecule has 0 radical (unpaired) electrons. The fourth-order valence-corrected chi connectivity index (χ4v) is 3.57. The topological polar surface area (TPSA) is 115 Å². The van der Waals surface area contributed by atoms with Crippen molar-refractivity contribution in [3.63, 3.8) is 0 Å². The third-order valence-electron chi connectivity index (χ3n) is 5.17. The number of carboxylic acid groups (broad SMARTS) is 1. The van der Waals surface area contributed by atoms with E-state index in [4.69, 9.17) is 14.3 Å². The highest BCUT2D eigenvalue weighted by molar-refractivity contribution is 5.95. The minimum atomic E-state index is -1.15. The molecular weight excluding hydrogens is 410 g/mol. The van der Waals surface area contributed by atoms with E-state index in [0.29, 0.717) is 23.5 Å². The number of aromatic nitrogens is 2. The average Bonchev–Trinajstić information content (AvgIpc) is 3.33. The van der Waals surface area contributed by atoms with Crippen LogP contribution in [-0.4, -0.2) is 27.0 Å². The zero-order valence-electron chi connectivity index (χ0n) is 16.7. The maximum absolute atomic E-state index is 12.7. The second-order valence-electron chi connectivity index (χ2n) is 7.26. The van der Waals surface area contributed by atoms with Crippen molar-refractivity contribution in [3.8, 4) is 28.3 Å². The molecule has 0 aliphatic carbocycles. The van der Waals surface area contributed by atoms with Crippen LogP contribution >= 0.6 is 0 Å². The number of aromatic carboxylic acids is 1. The lowest BCUT2D eigenvalue weighted by molar-refractivity contribution is 0.0690. The molecule has 158 valence electrons. The minimum absolute atomic E-state index is 0.160. The number of carbonyl (C=O) groups is 2. The van der Waals surface area contributed by atoms with E-state index < -0.39 is 5.97 Å². The zero-order valence-corrected chi connectivity index (χ0v) is 16.7. The van der Waals surface area contributed by atoms with Gasteiger partial charge in [0.2, 0.25) is 5.89 Å². The molecule has 0 bridgehead atoms. The van der Waals surface area contributed by atoms with E-state index in [1.165, 1.54) is 0 Å². The molecule has 1 aliphatic rings. The number of pyridine rings is 1. The molecular formula is C24H17N3O5. The summed E-state index contributed by atoms with van der Waals surface area (Å²) >= 11 is 0. The van der Waals surface area contributed by atoms with E-state index in [0.717, 1.165) is 28.5 Å². The number of rotatable bonds is 5. The summed E-state index contributed by atoms with van der Waals surface area (Å²) in [5, 5.41) is 11.9. The van der Waals surface area contributed by atoms with Crippen LogP contribution in [0.25, 0.3) is 22.6 Å². The number of benzene rings is 2. The van der Waals surface area contributed by atoms with E-state index in [1.54, 1.807) is 42.7 Å². The molecule has 2 aromatic heterocycles. The van der Waals surface area contributed by atoms with Crippen molar-refractivity contribution in [1.29, 1.82) is 0 Å². The van der Waals surface area contributed by atoms with Gasteiger partial charge in [0.25, 0.3) is 5.91 Å². The third kappa shape index (κ3) is 3.69. The number of hydrogen-bond donors (Lipinski definition) is 2. The number of nitrogens with one attached hydrogen (secondary N) is 1. The molecule has 3 heterocycles. The predicted molar refractivity (Wildman–Crippen MR) is 114 cm³/mol. The monoisotopic (exact) mass is 427 g/mol. The van der Waals surface area contributed by atoms with Gasteiger partial charge in [-0.2, -0.15) is 0 Å². The van der Waals surface area contributed by atoms with E-state index in [2.05, 4.69) is 15.3 Å². The largest absolute Gasteiger partial charge is 0.488 e. The van der Waals surface area contributed by atoms with Crippen LogP contribution in [0.2, 0.25) is 0 Å². The van der Waals surface area contributed by atoms with Crippen LogP contribution in [0.4, 0.5) is 0 Å². The molecule has 0 fully saturated rings. The first-order valence-corrected chi connectivity index (χ1v) is 9.85. The molecule has 0 unspecified atom stereocenters. The molecule has 4 aromatic rings. The second kappa shape index (κ2) is 7.99. The fourth-order valence-electron chi connectivity index (χ4n) is 3.57. The summed E-state index contributed by atoms with van der Waals surface area (Å²) in [6.07, 6.45) is 4.62. The Morgan fingerprint density at radius 2 is 2.00 bits per heavy atom. The summed E-state index contributed by atoms with van der Waals surface area (Å²) in [6, 6.07) is 14.5. The fraction of sp³-hybridized carbons (Fsp3) is 0.0833. The number of oxazole rings is 1. The Bertz CT molecular complexity index is 1340. The van der Waals surface area contributed by atoms with Gasteiger partial charge in [0.1, 0.15) is 18.6 Å². The van der Waals surface area contributed by atoms with Crippen molar-refractivity contribution >= 4 is 11.9 Å². The van der Waals surface area contributed by atoms with Gasteiger partial charge in [-0.1, -0.05) is 12.1 Å². The van der Waals surface area contributed by atoms with E-state index in [1.807, 2.05) is 18.2 Å². The van der Waals surface area contributed by atoms with Gasteiger partial charge in [-0.15, -0.1) is 0 Å². The molecule has 8 heteroatoms. The van der Waals surface area contributed by atoms with Crippen molar-refractivity contribution in [2.24, 2.45) is 0 Å². The standard InChI is InChI=1S/C24H17N3O5/c28-22(15-4-5-19-18-6-7-25-11-17(18)12-31-21(19)9-15)26-10-14-2-1-3-16(8-14)23-27-20(13-32-23)24(29)30/h1-9,11,13H,10,12H2,(H,26,28)(H,29,30). The Morgan fingerprint density at radius 1 is 1.09 bits per heavy atom. The van der Waals surface area contributed by atoms with E-state index in [-0.39, 0.29) is 24.0 Å². The highest BCUT2D eigenvalue weighted by atomic mass is 16.5. The molecule has 0 saturated carbocycles. The number of amides is 1.